The van der Waals surface area contributed by atoms with Crippen LogP contribution in [-0.2, 0) is 6.42 Å². The maximum atomic E-state index is 12.8. The van der Waals surface area contributed by atoms with Crippen LogP contribution in [0.4, 0.5) is 13.2 Å². The first-order valence-electron chi connectivity index (χ1n) is 8.83. The Morgan fingerprint density at radius 2 is 1.89 bits per heavy atom. The van der Waals surface area contributed by atoms with Gasteiger partial charge in [-0.15, -0.1) is 0 Å². The van der Waals surface area contributed by atoms with Gasteiger partial charge in [0.2, 0.25) is 0 Å². The number of hydrogen-bond acceptors (Lipinski definition) is 1. The summed E-state index contributed by atoms with van der Waals surface area (Å²) in [5.41, 5.74) is 2.83. The molecule has 0 spiro atoms. The summed E-state index contributed by atoms with van der Waals surface area (Å²) < 4.78 is 41.8. The number of benzene rings is 1. The van der Waals surface area contributed by atoms with Crippen molar-refractivity contribution < 1.29 is 13.2 Å². The van der Waals surface area contributed by atoms with Crippen LogP contribution in [0.2, 0.25) is 10.0 Å². The summed E-state index contributed by atoms with van der Waals surface area (Å²) in [5.74, 6) is 0. The van der Waals surface area contributed by atoms with Crippen molar-refractivity contribution in [3.05, 3.63) is 58.6 Å². The van der Waals surface area contributed by atoms with Crippen molar-refractivity contribution in [3.63, 3.8) is 0 Å². The fourth-order valence-corrected chi connectivity index (χ4v) is 4.33. The molecule has 0 bridgehead atoms. The number of fused-ring (bicyclic) bond motifs is 2. The molecule has 0 atom stereocenters. The fraction of sp³-hybridized carbons (Fsp3) is 0.250. The first-order chi connectivity index (χ1) is 13.3. The molecule has 1 fully saturated rings. The first-order valence-corrected chi connectivity index (χ1v) is 9.59. The summed E-state index contributed by atoms with van der Waals surface area (Å²) in [6, 6.07) is 8.08. The first kappa shape index (κ1) is 17.9. The standard InChI is InChI=1S/C20H14Cl2F3N3/c21-16-8-12(7-11-3-5-27(18(11)16)13-1-2-13)15-4-6-28-14(9-20(23,24)25)10-26-19(28)17(15)22/h3-8,10,13H,1-2,9H2. The Morgan fingerprint density at radius 1 is 1.11 bits per heavy atom. The van der Waals surface area contributed by atoms with Crippen LogP contribution in [0.25, 0.3) is 27.7 Å². The molecule has 0 unspecified atom stereocenters. The third-order valence-electron chi connectivity index (χ3n) is 5.10. The third-order valence-corrected chi connectivity index (χ3v) is 5.76. The highest BCUT2D eigenvalue weighted by Gasteiger charge is 2.30. The molecular weight excluding hydrogens is 410 g/mol. The van der Waals surface area contributed by atoms with E-state index in [-0.39, 0.29) is 5.69 Å². The average Bonchev–Trinajstić information content (AvgIpc) is 3.25. The van der Waals surface area contributed by atoms with E-state index in [9.17, 15) is 13.2 Å². The molecule has 5 rings (SSSR count). The van der Waals surface area contributed by atoms with Crippen LogP contribution in [0.1, 0.15) is 24.6 Å². The second kappa shape index (κ2) is 6.16. The maximum absolute atomic E-state index is 12.8. The lowest BCUT2D eigenvalue weighted by atomic mass is 10.0. The summed E-state index contributed by atoms with van der Waals surface area (Å²) in [7, 11) is 0. The quantitative estimate of drug-likeness (QED) is 0.359. The molecule has 4 aromatic rings. The molecule has 0 amide bonds. The van der Waals surface area contributed by atoms with Gasteiger partial charge >= 0.3 is 6.18 Å². The minimum Gasteiger partial charge on any atom is -0.343 e. The van der Waals surface area contributed by atoms with Crippen molar-refractivity contribution >= 4 is 39.8 Å². The molecule has 0 N–H and O–H groups in total. The van der Waals surface area contributed by atoms with E-state index in [4.69, 9.17) is 23.2 Å². The zero-order valence-corrected chi connectivity index (χ0v) is 16.0. The van der Waals surface area contributed by atoms with Gasteiger partial charge in [0.15, 0.2) is 5.65 Å². The number of nitrogens with zero attached hydrogens (tertiary/aromatic N) is 3. The predicted octanol–water partition coefficient (Wildman–Crippen LogP) is 6.70. The molecule has 3 nitrogen and oxygen atoms in total. The highest BCUT2D eigenvalue weighted by Crippen LogP contribution is 2.42. The van der Waals surface area contributed by atoms with Crippen molar-refractivity contribution in [2.45, 2.75) is 31.5 Å². The van der Waals surface area contributed by atoms with Gasteiger partial charge in [-0.1, -0.05) is 23.2 Å². The molecule has 144 valence electrons. The summed E-state index contributed by atoms with van der Waals surface area (Å²) in [6.07, 6.45) is 1.77. The Kier molecular flexibility index (Phi) is 3.93. The number of hydrogen-bond donors (Lipinski definition) is 0. The highest BCUT2D eigenvalue weighted by atomic mass is 35.5. The lowest BCUT2D eigenvalue weighted by molar-refractivity contribution is -0.127. The van der Waals surface area contributed by atoms with E-state index in [1.165, 1.54) is 10.6 Å². The van der Waals surface area contributed by atoms with Crippen LogP contribution >= 0.6 is 23.2 Å². The SMILES string of the molecule is FC(F)(F)Cc1cnc2c(Cl)c(-c3cc(Cl)c4c(ccn4C4CC4)c3)ccn12. The van der Waals surface area contributed by atoms with E-state index in [1.807, 2.05) is 24.4 Å². The van der Waals surface area contributed by atoms with E-state index >= 15 is 0 Å². The number of pyridine rings is 1. The van der Waals surface area contributed by atoms with E-state index < -0.39 is 12.6 Å². The third kappa shape index (κ3) is 2.95. The smallest absolute Gasteiger partial charge is 0.343 e. The van der Waals surface area contributed by atoms with Crippen LogP contribution in [0.15, 0.2) is 42.9 Å². The second-order valence-corrected chi connectivity index (χ2v) is 7.91. The Labute approximate surface area is 168 Å². The molecule has 0 radical (unpaired) electrons. The van der Waals surface area contributed by atoms with Gasteiger partial charge in [-0.25, -0.2) is 4.98 Å². The Hall–Kier alpha value is -2.18. The number of aromatic nitrogens is 3. The lowest BCUT2D eigenvalue weighted by Crippen LogP contribution is -2.13. The van der Waals surface area contributed by atoms with Gasteiger partial charge in [0.25, 0.3) is 0 Å². The molecule has 1 saturated carbocycles. The minimum atomic E-state index is -4.31. The van der Waals surface area contributed by atoms with E-state index in [0.717, 1.165) is 29.3 Å². The topological polar surface area (TPSA) is 22.2 Å². The summed E-state index contributed by atoms with van der Waals surface area (Å²) >= 11 is 13.1. The van der Waals surface area contributed by atoms with Gasteiger partial charge in [0.05, 0.1) is 27.7 Å². The Balaban J connectivity index is 1.62. The van der Waals surface area contributed by atoms with Crippen LogP contribution in [0.5, 0.6) is 0 Å². The van der Waals surface area contributed by atoms with Gasteiger partial charge in [0.1, 0.15) is 0 Å². The molecule has 8 heteroatoms. The molecule has 3 aromatic heterocycles. The van der Waals surface area contributed by atoms with Crippen LogP contribution in [0, 0.1) is 0 Å². The summed E-state index contributed by atoms with van der Waals surface area (Å²) in [4.78, 5) is 4.10. The largest absolute Gasteiger partial charge is 0.394 e. The number of halogens is 5. The second-order valence-electron chi connectivity index (χ2n) is 7.13. The molecule has 1 aromatic carbocycles. The Morgan fingerprint density at radius 3 is 2.61 bits per heavy atom. The Bertz CT molecular complexity index is 1220. The normalized spacial score (nSPS) is 15.0. The summed E-state index contributed by atoms with van der Waals surface area (Å²) in [6.45, 7) is 0. The van der Waals surface area contributed by atoms with Gasteiger partial charge in [-0.2, -0.15) is 13.2 Å². The highest BCUT2D eigenvalue weighted by molar-refractivity contribution is 6.37. The lowest BCUT2D eigenvalue weighted by Gasteiger charge is -2.11. The van der Waals surface area contributed by atoms with Gasteiger partial charge in [0, 0.05) is 35.6 Å². The number of imidazole rings is 1. The van der Waals surface area contributed by atoms with Gasteiger partial charge < -0.3 is 8.97 Å². The van der Waals surface area contributed by atoms with Gasteiger partial charge in [-0.05, 0) is 42.7 Å². The minimum absolute atomic E-state index is 0.0472. The van der Waals surface area contributed by atoms with Crippen molar-refractivity contribution in [2.75, 3.05) is 0 Å². The van der Waals surface area contributed by atoms with Crippen molar-refractivity contribution in [3.8, 4) is 11.1 Å². The summed E-state index contributed by atoms with van der Waals surface area (Å²) in [5, 5.41) is 1.93. The van der Waals surface area contributed by atoms with Crippen molar-refractivity contribution in [1.29, 1.82) is 0 Å². The molecule has 1 aliphatic rings. The number of alkyl halides is 3. The van der Waals surface area contributed by atoms with Crippen molar-refractivity contribution in [1.82, 2.24) is 14.0 Å². The van der Waals surface area contributed by atoms with Crippen LogP contribution in [0.3, 0.4) is 0 Å². The molecule has 28 heavy (non-hydrogen) atoms. The predicted molar refractivity (Wildman–Crippen MR) is 104 cm³/mol. The van der Waals surface area contributed by atoms with Crippen LogP contribution < -0.4 is 0 Å². The molecule has 1 aliphatic carbocycles. The van der Waals surface area contributed by atoms with Gasteiger partial charge in [-0.3, -0.25) is 0 Å². The molecule has 3 heterocycles. The van der Waals surface area contributed by atoms with E-state index in [0.29, 0.717) is 27.3 Å². The fourth-order valence-electron chi connectivity index (χ4n) is 3.69. The molecule has 0 saturated heterocycles. The van der Waals surface area contributed by atoms with Crippen LogP contribution in [-0.4, -0.2) is 20.1 Å². The maximum Gasteiger partial charge on any atom is 0.394 e. The van der Waals surface area contributed by atoms with E-state index in [2.05, 4.69) is 9.55 Å². The zero-order valence-electron chi connectivity index (χ0n) is 14.5. The molecular formula is C20H14Cl2F3N3. The van der Waals surface area contributed by atoms with E-state index in [1.54, 1.807) is 12.3 Å². The monoisotopic (exact) mass is 423 g/mol. The number of rotatable bonds is 3. The average molecular weight is 424 g/mol. The molecule has 0 aliphatic heterocycles. The zero-order chi connectivity index (χ0) is 19.6. The van der Waals surface area contributed by atoms with Crippen molar-refractivity contribution in [2.24, 2.45) is 0 Å².